The largest absolute Gasteiger partial charge is 0.492 e. The van der Waals surface area contributed by atoms with Crippen molar-refractivity contribution in [2.75, 3.05) is 17.2 Å². The number of hydrogen-bond donors (Lipinski definition) is 2. The maximum atomic E-state index is 12.6. The number of carbonyl (C=O) groups is 2. The van der Waals surface area contributed by atoms with Gasteiger partial charge in [-0.25, -0.2) is 0 Å². The third-order valence-electron chi connectivity index (χ3n) is 4.80. The van der Waals surface area contributed by atoms with Gasteiger partial charge in [0.1, 0.15) is 5.75 Å². The number of nitrogens with zero attached hydrogens (tertiary/aromatic N) is 1. The number of aromatic nitrogens is 1. The summed E-state index contributed by atoms with van der Waals surface area (Å²) in [5, 5.41) is 6.76. The molecule has 1 aliphatic carbocycles. The monoisotopic (exact) mass is 375 g/mol. The first-order valence-corrected chi connectivity index (χ1v) is 9.34. The number of fused-ring (bicyclic) bond motifs is 1. The fourth-order valence-electron chi connectivity index (χ4n) is 3.28. The summed E-state index contributed by atoms with van der Waals surface area (Å²) >= 11 is 0. The minimum atomic E-state index is -0.336. The molecule has 0 bridgehead atoms. The molecule has 1 aliphatic rings. The second kappa shape index (κ2) is 7.68. The van der Waals surface area contributed by atoms with E-state index in [1.807, 2.05) is 55.5 Å². The van der Waals surface area contributed by atoms with Crippen molar-refractivity contribution < 1.29 is 14.3 Å². The molecule has 1 aromatic heterocycles. The Morgan fingerprint density at radius 3 is 2.43 bits per heavy atom. The molecule has 1 fully saturated rings. The summed E-state index contributed by atoms with van der Waals surface area (Å²) in [6.45, 7) is 2.41. The van der Waals surface area contributed by atoms with Crippen molar-refractivity contribution >= 4 is 34.1 Å². The fraction of sp³-hybridized carbons (Fsp3) is 0.227. The summed E-state index contributed by atoms with van der Waals surface area (Å²) in [5.41, 5.74) is 2.03. The zero-order chi connectivity index (χ0) is 19.5. The van der Waals surface area contributed by atoms with E-state index in [-0.39, 0.29) is 23.7 Å². The van der Waals surface area contributed by atoms with Gasteiger partial charge in [0.15, 0.2) is 0 Å². The van der Waals surface area contributed by atoms with Gasteiger partial charge in [0.2, 0.25) is 11.8 Å². The summed E-state index contributed by atoms with van der Waals surface area (Å²) < 4.78 is 5.53. The van der Waals surface area contributed by atoms with Gasteiger partial charge in [-0.15, -0.1) is 0 Å². The zero-order valence-electron chi connectivity index (χ0n) is 15.5. The normalized spacial score (nSPS) is 17.8. The molecule has 1 saturated carbocycles. The molecule has 6 heteroatoms. The van der Waals surface area contributed by atoms with Crippen LogP contribution < -0.4 is 15.4 Å². The number of para-hydroxylation sites is 3. The van der Waals surface area contributed by atoms with Crippen LogP contribution in [0.5, 0.6) is 5.75 Å². The van der Waals surface area contributed by atoms with E-state index < -0.39 is 0 Å². The van der Waals surface area contributed by atoms with Gasteiger partial charge < -0.3 is 15.4 Å². The third-order valence-corrected chi connectivity index (χ3v) is 4.80. The second-order valence-corrected chi connectivity index (χ2v) is 6.74. The maximum Gasteiger partial charge on any atom is 0.228 e. The van der Waals surface area contributed by atoms with E-state index >= 15 is 0 Å². The first kappa shape index (κ1) is 18.0. The van der Waals surface area contributed by atoms with E-state index in [0.717, 1.165) is 10.9 Å². The molecule has 28 heavy (non-hydrogen) atoms. The van der Waals surface area contributed by atoms with Crippen molar-refractivity contribution in [2.24, 2.45) is 11.8 Å². The molecular weight excluding hydrogens is 354 g/mol. The number of rotatable bonds is 6. The standard InChI is InChI=1S/C22H21N3O3/c1-2-28-19-11-4-3-9-17(19)24-21(26)15-13-16(15)22(27)25-18-10-5-7-14-8-6-12-23-20(14)18/h3-12,15-16H,2,13H2,1H3,(H,24,26)(H,25,27). The van der Waals surface area contributed by atoms with E-state index in [1.165, 1.54) is 0 Å². The predicted molar refractivity (Wildman–Crippen MR) is 108 cm³/mol. The van der Waals surface area contributed by atoms with Gasteiger partial charge in [-0.2, -0.15) is 0 Å². The number of nitrogens with one attached hydrogen (secondary N) is 2. The molecule has 2 aromatic carbocycles. The highest BCUT2D eigenvalue weighted by molar-refractivity contribution is 6.06. The van der Waals surface area contributed by atoms with E-state index in [2.05, 4.69) is 15.6 Å². The van der Waals surface area contributed by atoms with E-state index in [9.17, 15) is 9.59 Å². The number of benzene rings is 2. The van der Waals surface area contributed by atoms with Crippen LogP contribution in [0.3, 0.4) is 0 Å². The molecule has 0 aliphatic heterocycles. The molecule has 2 unspecified atom stereocenters. The molecular formula is C22H21N3O3. The minimum absolute atomic E-state index is 0.156. The Kier molecular flexibility index (Phi) is 4.93. The SMILES string of the molecule is CCOc1ccccc1NC(=O)C1CC1C(=O)Nc1cccc2cccnc12. The highest BCUT2D eigenvalue weighted by Crippen LogP contribution is 2.41. The van der Waals surface area contributed by atoms with Crippen molar-refractivity contribution in [1.82, 2.24) is 4.98 Å². The lowest BCUT2D eigenvalue weighted by Crippen LogP contribution is -2.21. The van der Waals surface area contributed by atoms with E-state index in [0.29, 0.717) is 30.2 Å². The summed E-state index contributed by atoms with van der Waals surface area (Å²) in [6, 6.07) is 16.7. The van der Waals surface area contributed by atoms with Crippen LogP contribution in [0, 0.1) is 11.8 Å². The smallest absolute Gasteiger partial charge is 0.228 e. The topological polar surface area (TPSA) is 80.3 Å². The number of pyridine rings is 1. The summed E-state index contributed by atoms with van der Waals surface area (Å²) in [7, 11) is 0. The van der Waals surface area contributed by atoms with Crippen LogP contribution in [-0.4, -0.2) is 23.4 Å². The number of ether oxygens (including phenoxy) is 1. The highest BCUT2D eigenvalue weighted by atomic mass is 16.5. The fourth-order valence-corrected chi connectivity index (χ4v) is 3.28. The molecule has 2 N–H and O–H groups in total. The maximum absolute atomic E-state index is 12.6. The Morgan fingerprint density at radius 2 is 1.64 bits per heavy atom. The average molecular weight is 375 g/mol. The Bertz CT molecular complexity index is 1030. The van der Waals surface area contributed by atoms with Gasteiger partial charge in [-0.3, -0.25) is 14.6 Å². The van der Waals surface area contributed by atoms with Crippen LogP contribution in [0.25, 0.3) is 10.9 Å². The van der Waals surface area contributed by atoms with E-state index in [1.54, 1.807) is 12.3 Å². The van der Waals surface area contributed by atoms with Crippen molar-refractivity contribution in [3.05, 3.63) is 60.8 Å². The lowest BCUT2D eigenvalue weighted by Gasteiger charge is -2.11. The molecule has 4 rings (SSSR count). The molecule has 0 saturated heterocycles. The minimum Gasteiger partial charge on any atom is -0.492 e. The first-order valence-electron chi connectivity index (χ1n) is 9.34. The van der Waals surface area contributed by atoms with Gasteiger partial charge in [-0.1, -0.05) is 30.3 Å². The molecule has 0 radical (unpaired) electrons. The van der Waals surface area contributed by atoms with Crippen molar-refractivity contribution in [1.29, 1.82) is 0 Å². The van der Waals surface area contributed by atoms with E-state index in [4.69, 9.17) is 4.74 Å². The number of carbonyl (C=O) groups excluding carboxylic acids is 2. The second-order valence-electron chi connectivity index (χ2n) is 6.74. The van der Waals surface area contributed by atoms with Gasteiger partial charge in [0, 0.05) is 11.6 Å². The molecule has 6 nitrogen and oxygen atoms in total. The molecule has 1 heterocycles. The first-order chi connectivity index (χ1) is 13.7. The average Bonchev–Trinajstić information content (AvgIpc) is 3.51. The molecule has 142 valence electrons. The Balaban J connectivity index is 1.41. The quantitative estimate of drug-likeness (QED) is 0.686. The third kappa shape index (κ3) is 3.67. The van der Waals surface area contributed by atoms with Crippen LogP contribution in [0.15, 0.2) is 60.8 Å². The van der Waals surface area contributed by atoms with Crippen molar-refractivity contribution in [3.63, 3.8) is 0 Å². The number of amides is 2. The predicted octanol–water partition coefficient (Wildman–Crippen LogP) is 3.85. The van der Waals surface area contributed by atoms with Gasteiger partial charge in [0.05, 0.1) is 35.3 Å². The Morgan fingerprint density at radius 1 is 0.964 bits per heavy atom. The molecule has 2 atom stereocenters. The van der Waals surface area contributed by atoms with Gasteiger partial charge in [0.25, 0.3) is 0 Å². The summed E-state index contributed by atoms with van der Waals surface area (Å²) in [4.78, 5) is 29.5. The van der Waals surface area contributed by atoms with Crippen LogP contribution in [0.1, 0.15) is 13.3 Å². The van der Waals surface area contributed by atoms with Gasteiger partial charge >= 0.3 is 0 Å². The van der Waals surface area contributed by atoms with Gasteiger partial charge in [-0.05, 0) is 37.6 Å². The molecule has 2 amide bonds. The van der Waals surface area contributed by atoms with Crippen LogP contribution >= 0.6 is 0 Å². The summed E-state index contributed by atoms with van der Waals surface area (Å²) in [6.07, 6.45) is 2.23. The molecule has 3 aromatic rings. The number of anilines is 2. The lowest BCUT2D eigenvalue weighted by molar-refractivity contribution is -0.122. The molecule has 0 spiro atoms. The summed E-state index contributed by atoms with van der Waals surface area (Å²) in [5.74, 6) is -0.364. The highest BCUT2D eigenvalue weighted by Gasteiger charge is 2.48. The lowest BCUT2D eigenvalue weighted by atomic mass is 10.2. The number of hydrogen-bond acceptors (Lipinski definition) is 4. The van der Waals surface area contributed by atoms with Crippen LogP contribution in [0.2, 0.25) is 0 Å². The van der Waals surface area contributed by atoms with Crippen LogP contribution in [0.4, 0.5) is 11.4 Å². The van der Waals surface area contributed by atoms with Crippen LogP contribution in [-0.2, 0) is 9.59 Å². The zero-order valence-corrected chi connectivity index (χ0v) is 15.5. The van der Waals surface area contributed by atoms with Crippen molar-refractivity contribution in [2.45, 2.75) is 13.3 Å². The Hall–Kier alpha value is -3.41. The Labute approximate surface area is 162 Å². The van der Waals surface area contributed by atoms with Crippen molar-refractivity contribution in [3.8, 4) is 5.75 Å².